The summed E-state index contributed by atoms with van der Waals surface area (Å²) in [6.07, 6.45) is 4.25. The molecule has 0 saturated carbocycles. The quantitative estimate of drug-likeness (QED) is 0.781. The third-order valence-electron chi connectivity index (χ3n) is 3.58. The number of nitrogen functional groups attached to an aromatic ring is 1. The summed E-state index contributed by atoms with van der Waals surface area (Å²) < 4.78 is 1.93. The normalized spacial score (nSPS) is 11.1. The van der Waals surface area contributed by atoms with E-state index < -0.39 is 0 Å². The number of pyridine rings is 1. The molecule has 3 rings (SSSR count). The van der Waals surface area contributed by atoms with E-state index in [0.29, 0.717) is 5.82 Å². The summed E-state index contributed by atoms with van der Waals surface area (Å²) in [5, 5.41) is 0. The van der Waals surface area contributed by atoms with Gasteiger partial charge in [-0.1, -0.05) is 37.6 Å². The van der Waals surface area contributed by atoms with Crippen molar-refractivity contribution in [1.29, 1.82) is 0 Å². The molecule has 0 aliphatic heterocycles. The summed E-state index contributed by atoms with van der Waals surface area (Å²) in [5.74, 6) is 0.697. The lowest BCUT2D eigenvalue weighted by molar-refractivity contribution is 0.922. The van der Waals surface area contributed by atoms with E-state index in [1.807, 2.05) is 22.7 Å². The number of rotatable bonds is 3. The van der Waals surface area contributed by atoms with Crippen molar-refractivity contribution in [2.24, 2.45) is 0 Å². The Morgan fingerprint density at radius 2 is 1.90 bits per heavy atom. The predicted molar refractivity (Wildman–Crippen MR) is 83.8 cm³/mol. The summed E-state index contributed by atoms with van der Waals surface area (Å²) in [7, 11) is 0. The Balaban J connectivity index is 2.07. The van der Waals surface area contributed by atoms with E-state index in [9.17, 15) is 0 Å². The minimum absolute atomic E-state index is 0.697. The van der Waals surface area contributed by atoms with Crippen molar-refractivity contribution in [2.75, 3.05) is 5.73 Å². The summed E-state index contributed by atoms with van der Waals surface area (Å²) in [6, 6.07) is 12.6. The Labute approximate surface area is 119 Å². The molecular weight excluding hydrogens is 246 g/mol. The molecule has 0 aliphatic carbocycles. The second kappa shape index (κ2) is 5.00. The number of aryl methyl sites for hydroxylation is 2. The van der Waals surface area contributed by atoms with Crippen LogP contribution in [-0.4, -0.2) is 9.38 Å². The Morgan fingerprint density at radius 1 is 1.15 bits per heavy atom. The largest absolute Gasteiger partial charge is 0.383 e. The second-order valence-electron chi connectivity index (χ2n) is 5.22. The first-order chi connectivity index (χ1) is 9.69. The van der Waals surface area contributed by atoms with Gasteiger partial charge in [-0.05, 0) is 36.6 Å². The fourth-order valence-corrected chi connectivity index (χ4v) is 2.50. The molecule has 0 fully saturated rings. The molecule has 0 amide bonds. The van der Waals surface area contributed by atoms with Gasteiger partial charge >= 0.3 is 0 Å². The molecule has 1 aromatic carbocycles. The average molecular weight is 265 g/mol. The maximum absolute atomic E-state index is 6.22. The van der Waals surface area contributed by atoms with Crippen LogP contribution in [0.1, 0.15) is 24.5 Å². The molecule has 2 N–H and O–H groups in total. The highest BCUT2D eigenvalue weighted by atomic mass is 15.1. The van der Waals surface area contributed by atoms with Gasteiger partial charge in [-0.3, -0.25) is 4.40 Å². The van der Waals surface area contributed by atoms with E-state index in [4.69, 9.17) is 5.73 Å². The van der Waals surface area contributed by atoms with Crippen molar-refractivity contribution in [2.45, 2.75) is 26.7 Å². The molecule has 3 aromatic rings. The first kappa shape index (κ1) is 12.7. The summed E-state index contributed by atoms with van der Waals surface area (Å²) >= 11 is 0. The Kier molecular flexibility index (Phi) is 3.18. The maximum atomic E-state index is 6.22. The third kappa shape index (κ3) is 2.16. The van der Waals surface area contributed by atoms with Crippen molar-refractivity contribution < 1.29 is 0 Å². The van der Waals surface area contributed by atoms with Crippen LogP contribution in [0.4, 0.5) is 5.82 Å². The van der Waals surface area contributed by atoms with Crippen LogP contribution >= 0.6 is 0 Å². The SMILES string of the molecule is CCCc1ccc(-c2nc3cc(C)ccn3c2N)cc1. The van der Waals surface area contributed by atoms with E-state index in [0.717, 1.165) is 29.7 Å². The summed E-state index contributed by atoms with van der Waals surface area (Å²) in [5.41, 5.74) is 11.6. The lowest BCUT2D eigenvalue weighted by Crippen LogP contribution is -1.94. The molecule has 3 heteroatoms. The molecule has 2 aromatic heterocycles. The number of nitrogens with two attached hydrogens (primary N) is 1. The molecule has 0 aliphatic rings. The molecule has 2 heterocycles. The van der Waals surface area contributed by atoms with Crippen LogP contribution < -0.4 is 5.73 Å². The fraction of sp³-hybridized carbons (Fsp3) is 0.235. The highest BCUT2D eigenvalue weighted by Gasteiger charge is 2.11. The van der Waals surface area contributed by atoms with Crippen molar-refractivity contribution in [1.82, 2.24) is 9.38 Å². The van der Waals surface area contributed by atoms with Gasteiger partial charge in [-0.15, -0.1) is 0 Å². The number of aromatic nitrogens is 2. The number of benzene rings is 1. The van der Waals surface area contributed by atoms with Crippen LogP contribution in [0.5, 0.6) is 0 Å². The molecule has 0 bridgehead atoms. The summed E-state index contributed by atoms with van der Waals surface area (Å²) in [4.78, 5) is 4.66. The van der Waals surface area contributed by atoms with Gasteiger partial charge in [-0.25, -0.2) is 4.98 Å². The molecule has 0 atom stereocenters. The van der Waals surface area contributed by atoms with Gasteiger partial charge in [0.15, 0.2) is 0 Å². The van der Waals surface area contributed by atoms with Gasteiger partial charge in [0.25, 0.3) is 0 Å². The zero-order valence-electron chi connectivity index (χ0n) is 11.9. The first-order valence-electron chi connectivity index (χ1n) is 7.02. The Bertz CT molecular complexity index is 739. The number of hydrogen-bond acceptors (Lipinski definition) is 2. The van der Waals surface area contributed by atoms with Gasteiger partial charge in [0.2, 0.25) is 0 Å². The minimum Gasteiger partial charge on any atom is -0.383 e. The fourth-order valence-electron chi connectivity index (χ4n) is 2.50. The Hall–Kier alpha value is -2.29. The number of nitrogens with zero attached hydrogens (tertiary/aromatic N) is 2. The molecular formula is C17H19N3. The number of fused-ring (bicyclic) bond motifs is 1. The third-order valence-corrected chi connectivity index (χ3v) is 3.58. The van der Waals surface area contributed by atoms with Gasteiger partial charge in [-0.2, -0.15) is 0 Å². The van der Waals surface area contributed by atoms with Crippen LogP contribution in [-0.2, 0) is 6.42 Å². The monoisotopic (exact) mass is 265 g/mol. The molecule has 102 valence electrons. The van der Waals surface area contributed by atoms with Crippen molar-refractivity contribution in [3.63, 3.8) is 0 Å². The van der Waals surface area contributed by atoms with Crippen LogP contribution in [0.3, 0.4) is 0 Å². The van der Waals surface area contributed by atoms with E-state index in [1.54, 1.807) is 0 Å². The van der Waals surface area contributed by atoms with Crippen LogP contribution in [0, 0.1) is 6.92 Å². The van der Waals surface area contributed by atoms with Crippen LogP contribution in [0.25, 0.3) is 16.9 Å². The minimum atomic E-state index is 0.697. The first-order valence-corrected chi connectivity index (χ1v) is 7.02. The Morgan fingerprint density at radius 3 is 2.60 bits per heavy atom. The van der Waals surface area contributed by atoms with Gasteiger partial charge in [0.1, 0.15) is 17.2 Å². The second-order valence-corrected chi connectivity index (χ2v) is 5.22. The van der Waals surface area contributed by atoms with Gasteiger partial charge in [0, 0.05) is 11.8 Å². The lowest BCUT2D eigenvalue weighted by Gasteiger charge is -2.02. The van der Waals surface area contributed by atoms with Gasteiger partial charge in [0.05, 0.1) is 0 Å². The molecule has 0 spiro atoms. The molecule has 3 nitrogen and oxygen atoms in total. The lowest BCUT2D eigenvalue weighted by atomic mass is 10.1. The highest BCUT2D eigenvalue weighted by molar-refractivity contribution is 5.75. The van der Waals surface area contributed by atoms with Crippen molar-refractivity contribution in [3.05, 3.63) is 53.7 Å². The average Bonchev–Trinajstić information content (AvgIpc) is 2.77. The van der Waals surface area contributed by atoms with E-state index in [1.165, 1.54) is 11.1 Å². The van der Waals surface area contributed by atoms with Crippen molar-refractivity contribution >= 4 is 11.5 Å². The number of imidazole rings is 1. The molecule has 20 heavy (non-hydrogen) atoms. The van der Waals surface area contributed by atoms with E-state index in [2.05, 4.69) is 43.1 Å². The standard InChI is InChI=1S/C17H19N3/c1-3-4-13-5-7-14(8-6-13)16-17(18)20-10-9-12(2)11-15(20)19-16/h5-11H,3-4,18H2,1-2H3. The van der Waals surface area contributed by atoms with Crippen LogP contribution in [0.15, 0.2) is 42.6 Å². The number of hydrogen-bond donors (Lipinski definition) is 1. The highest BCUT2D eigenvalue weighted by Crippen LogP contribution is 2.27. The van der Waals surface area contributed by atoms with Gasteiger partial charge < -0.3 is 5.73 Å². The molecule has 0 unspecified atom stereocenters. The zero-order valence-corrected chi connectivity index (χ0v) is 11.9. The smallest absolute Gasteiger partial charge is 0.139 e. The molecule has 0 saturated heterocycles. The topological polar surface area (TPSA) is 43.3 Å². The van der Waals surface area contributed by atoms with E-state index >= 15 is 0 Å². The molecule has 0 radical (unpaired) electrons. The summed E-state index contributed by atoms with van der Waals surface area (Å²) in [6.45, 7) is 4.25. The maximum Gasteiger partial charge on any atom is 0.139 e. The zero-order chi connectivity index (χ0) is 14.1. The van der Waals surface area contributed by atoms with Crippen LogP contribution in [0.2, 0.25) is 0 Å². The van der Waals surface area contributed by atoms with Crippen molar-refractivity contribution in [3.8, 4) is 11.3 Å². The predicted octanol–water partition coefficient (Wildman–Crippen LogP) is 3.84. The number of anilines is 1. The van der Waals surface area contributed by atoms with E-state index in [-0.39, 0.29) is 0 Å².